The fourth-order valence-electron chi connectivity index (χ4n) is 1.61. The molecule has 12 heavy (non-hydrogen) atoms. The Morgan fingerprint density at radius 3 is 2.92 bits per heavy atom. The molecule has 0 bridgehead atoms. The third kappa shape index (κ3) is 1.36. The summed E-state index contributed by atoms with van der Waals surface area (Å²) in [6.07, 6.45) is 4.28. The van der Waals surface area contributed by atoms with Crippen LogP contribution in [-0.2, 0) is 6.42 Å². The van der Waals surface area contributed by atoms with Crippen LogP contribution in [0.15, 0.2) is 6.20 Å². The van der Waals surface area contributed by atoms with Crippen LogP contribution in [0, 0.1) is 5.41 Å². The summed E-state index contributed by atoms with van der Waals surface area (Å²) in [6.45, 7) is 4.57. The van der Waals surface area contributed by atoms with Crippen molar-refractivity contribution in [2.24, 2.45) is 5.41 Å². The highest BCUT2D eigenvalue weighted by Crippen LogP contribution is 2.31. The summed E-state index contributed by atoms with van der Waals surface area (Å²) in [5.74, 6) is 0. The normalized spacial score (nSPS) is 20.4. The van der Waals surface area contributed by atoms with Gasteiger partial charge in [-0.3, -0.25) is 0 Å². The fourth-order valence-corrected chi connectivity index (χ4v) is 2.28. The predicted octanol–water partition coefficient (Wildman–Crippen LogP) is 1.08. The van der Waals surface area contributed by atoms with Crippen molar-refractivity contribution in [3.63, 3.8) is 0 Å². The van der Waals surface area contributed by atoms with Crippen LogP contribution in [0.1, 0.15) is 18.2 Å². The molecule has 1 N–H and O–H groups in total. The topological polar surface area (TPSA) is 37.8 Å². The quantitative estimate of drug-likeness (QED) is 0.762. The van der Waals surface area contributed by atoms with E-state index < -0.39 is 0 Å². The number of hydrogen-bond donors (Lipinski definition) is 1. The number of nitrogens with zero attached hydrogens (tertiary/aromatic N) is 2. The zero-order valence-electron chi connectivity index (χ0n) is 7.21. The standard InChI is InChI=1S/C8H13N3S/c1-2-8(5-9-6-8)3-7-4-10-11-12-7/h4,9H,2-3,5-6H2,1H3. The lowest BCUT2D eigenvalue weighted by atomic mass is 9.76. The Balaban J connectivity index is 2.01. The summed E-state index contributed by atoms with van der Waals surface area (Å²) < 4.78 is 3.87. The van der Waals surface area contributed by atoms with E-state index in [4.69, 9.17) is 0 Å². The minimum Gasteiger partial charge on any atom is -0.316 e. The third-order valence-corrected chi connectivity index (χ3v) is 3.37. The van der Waals surface area contributed by atoms with E-state index in [1.54, 1.807) is 0 Å². The van der Waals surface area contributed by atoms with Crippen LogP contribution in [0.2, 0.25) is 0 Å². The monoisotopic (exact) mass is 183 g/mol. The van der Waals surface area contributed by atoms with Gasteiger partial charge in [0, 0.05) is 18.0 Å². The summed E-state index contributed by atoms with van der Waals surface area (Å²) in [4.78, 5) is 1.32. The fraction of sp³-hybridized carbons (Fsp3) is 0.750. The molecule has 0 aliphatic carbocycles. The Bertz CT molecular complexity index is 235. The molecule has 1 saturated heterocycles. The van der Waals surface area contributed by atoms with Crippen molar-refractivity contribution in [3.05, 3.63) is 11.1 Å². The van der Waals surface area contributed by atoms with Crippen molar-refractivity contribution >= 4 is 11.5 Å². The maximum atomic E-state index is 3.87. The number of aromatic nitrogens is 2. The van der Waals surface area contributed by atoms with Crippen LogP contribution >= 0.6 is 11.5 Å². The second kappa shape index (κ2) is 3.11. The molecule has 66 valence electrons. The van der Waals surface area contributed by atoms with E-state index in [1.807, 2.05) is 6.20 Å². The first-order chi connectivity index (χ1) is 5.85. The maximum absolute atomic E-state index is 3.87. The first-order valence-electron chi connectivity index (χ1n) is 4.32. The van der Waals surface area contributed by atoms with Gasteiger partial charge in [-0.2, -0.15) is 0 Å². The SMILES string of the molecule is CCC1(Cc2cnns2)CNC1. The van der Waals surface area contributed by atoms with Gasteiger partial charge in [0.25, 0.3) is 0 Å². The third-order valence-electron chi connectivity index (χ3n) is 2.71. The van der Waals surface area contributed by atoms with Gasteiger partial charge in [-0.1, -0.05) is 11.4 Å². The van der Waals surface area contributed by atoms with Gasteiger partial charge in [0.1, 0.15) is 0 Å². The number of nitrogens with one attached hydrogen (secondary N) is 1. The highest BCUT2D eigenvalue weighted by Gasteiger charge is 2.35. The van der Waals surface area contributed by atoms with Crippen molar-refractivity contribution in [2.45, 2.75) is 19.8 Å². The zero-order chi connectivity index (χ0) is 8.44. The molecule has 1 aliphatic rings. The minimum atomic E-state index is 0.508. The number of rotatable bonds is 3. The second-order valence-electron chi connectivity index (χ2n) is 3.52. The lowest BCUT2D eigenvalue weighted by Crippen LogP contribution is -2.54. The predicted molar refractivity (Wildman–Crippen MR) is 49.2 cm³/mol. The van der Waals surface area contributed by atoms with Gasteiger partial charge in [0.05, 0.1) is 6.20 Å². The summed E-state index contributed by atoms with van der Waals surface area (Å²) in [6, 6.07) is 0. The first kappa shape index (κ1) is 8.13. The summed E-state index contributed by atoms with van der Waals surface area (Å²) in [5, 5.41) is 7.18. The first-order valence-corrected chi connectivity index (χ1v) is 5.09. The Labute approximate surface area is 76.4 Å². The van der Waals surface area contributed by atoms with Gasteiger partial charge in [0.2, 0.25) is 0 Å². The van der Waals surface area contributed by atoms with E-state index >= 15 is 0 Å². The van der Waals surface area contributed by atoms with Gasteiger partial charge < -0.3 is 5.32 Å². The molecule has 0 amide bonds. The molecule has 1 aromatic heterocycles. The molecule has 1 aliphatic heterocycles. The smallest absolute Gasteiger partial charge is 0.0653 e. The van der Waals surface area contributed by atoms with Gasteiger partial charge in [-0.15, -0.1) is 5.10 Å². The summed E-state index contributed by atoms with van der Waals surface area (Å²) >= 11 is 1.53. The van der Waals surface area contributed by atoms with Gasteiger partial charge >= 0.3 is 0 Å². The van der Waals surface area contributed by atoms with E-state index in [9.17, 15) is 0 Å². The lowest BCUT2D eigenvalue weighted by Gasteiger charge is -2.41. The van der Waals surface area contributed by atoms with Crippen LogP contribution < -0.4 is 5.32 Å². The van der Waals surface area contributed by atoms with Crippen LogP contribution in [0.25, 0.3) is 0 Å². The molecule has 2 heterocycles. The average Bonchev–Trinajstić information content (AvgIpc) is 2.49. The molecule has 4 heteroatoms. The summed E-state index contributed by atoms with van der Waals surface area (Å²) in [5.41, 5.74) is 0.508. The summed E-state index contributed by atoms with van der Waals surface area (Å²) in [7, 11) is 0. The Hall–Kier alpha value is -0.480. The number of hydrogen-bond acceptors (Lipinski definition) is 4. The highest BCUT2D eigenvalue weighted by molar-refractivity contribution is 7.05. The molecule has 0 spiro atoms. The van der Waals surface area contributed by atoms with Crippen molar-refractivity contribution in [3.8, 4) is 0 Å². The second-order valence-corrected chi connectivity index (χ2v) is 4.39. The van der Waals surface area contributed by atoms with E-state index in [1.165, 1.54) is 22.8 Å². The Morgan fingerprint density at radius 2 is 2.50 bits per heavy atom. The van der Waals surface area contributed by atoms with Crippen molar-refractivity contribution < 1.29 is 0 Å². The van der Waals surface area contributed by atoms with Crippen LogP contribution in [0.3, 0.4) is 0 Å². The largest absolute Gasteiger partial charge is 0.316 e. The van der Waals surface area contributed by atoms with E-state index in [0.29, 0.717) is 5.41 Å². The van der Waals surface area contributed by atoms with Gasteiger partial charge in [-0.05, 0) is 29.8 Å². The maximum Gasteiger partial charge on any atom is 0.0653 e. The molecule has 0 atom stereocenters. The lowest BCUT2D eigenvalue weighted by molar-refractivity contribution is 0.161. The average molecular weight is 183 g/mol. The van der Waals surface area contributed by atoms with Crippen molar-refractivity contribution in [1.29, 1.82) is 0 Å². The van der Waals surface area contributed by atoms with Gasteiger partial charge in [0.15, 0.2) is 0 Å². The van der Waals surface area contributed by atoms with Crippen LogP contribution in [0.5, 0.6) is 0 Å². The van der Waals surface area contributed by atoms with Crippen molar-refractivity contribution in [1.82, 2.24) is 14.9 Å². The molecule has 0 radical (unpaired) electrons. The van der Waals surface area contributed by atoms with Crippen LogP contribution in [0.4, 0.5) is 0 Å². The van der Waals surface area contributed by atoms with Gasteiger partial charge in [-0.25, -0.2) is 0 Å². The molecule has 0 unspecified atom stereocenters. The van der Waals surface area contributed by atoms with E-state index in [2.05, 4.69) is 21.8 Å². The highest BCUT2D eigenvalue weighted by atomic mass is 32.1. The molecule has 1 fully saturated rings. The van der Waals surface area contributed by atoms with Crippen molar-refractivity contribution in [2.75, 3.05) is 13.1 Å². The molecule has 0 saturated carbocycles. The molecular formula is C8H13N3S. The van der Waals surface area contributed by atoms with E-state index in [0.717, 1.165) is 19.5 Å². The minimum absolute atomic E-state index is 0.508. The zero-order valence-corrected chi connectivity index (χ0v) is 8.02. The van der Waals surface area contributed by atoms with Crippen LogP contribution in [-0.4, -0.2) is 22.7 Å². The molecule has 2 rings (SSSR count). The molecule has 1 aromatic rings. The Kier molecular flexibility index (Phi) is 2.11. The molecular weight excluding hydrogens is 170 g/mol. The Morgan fingerprint density at radius 1 is 1.67 bits per heavy atom. The van der Waals surface area contributed by atoms with E-state index in [-0.39, 0.29) is 0 Å². The molecule has 3 nitrogen and oxygen atoms in total. The molecule has 0 aromatic carbocycles.